The Balaban J connectivity index is 2.04. The summed E-state index contributed by atoms with van der Waals surface area (Å²) in [5.74, 6) is -0.241. The van der Waals surface area contributed by atoms with Crippen LogP contribution in [0.5, 0.6) is 5.75 Å². The van der Waals surface area contributed by atoms with Crippen molar-refractivity contribution in [1.29, 1.82) is 0 Å². The van der Waals surface area contributed by atoms with Crippen molar-refractivity contribution in [2.45, 2.75) is 6.61 Å². The molecule has 0 aliphatic heterocycles. The van der Waals surface area contributed by atoms with Crippen LogP contribution in [-0.2, 0) is 11.4 Å². The number of hydrogen-bond donors (Lipinski definition) is 1. The van der Waals surface area contributed by atoms with Crippen molar-refractivity contribution in [3.8, 4) is 5.75 Å². The molecule has 0 atom stereocenters. The maximum Gasteiger partial charge on any atom is 0.328 e. The first kappa shape index (κ1) is 14.3. The minimum absolute atomic E-state index is 0.498. The maximum absolute atomic E-state index is 10.5. The van der Waals surface area contributed by atoms with Gasteiger partial charge in [-0.2, -0.15) is 0 Å². The Morgan fingerprint density at radius 2 is 1.95 bits per heavy atom. The first-order valence-corrected chi connectivity index (χ1v) is 6.82. The standard InChI is InChI=1S/C16H13BrO3/c17-15-10-14(8-6-13(15)7-9-16(18)19)20-11-12-4-2-1-3-5-12/h1-10H,11H2,(H,18,19)/b9-7+. The molecule has 0 aliphatic carbocycles. The highest BCUT2D eigenvalue weighted by atomic mass is 79.9. The number of halogens is 1. The zero-order valence-electron chi connectivity index (χ0n) is 10.6. The predicted molar refractivity (Wildman–Crippen MR) is 81.6 cm³/mol. The van der Waals surface area contributed by atoms with Crippen LogP contribution in [0, 0.1) is 0 Å². The van der Waals surface area contributed by atoms with E-state index in [0.717, 1.165) is 27.4 Å². The average Bonchev–Trinajstić information content (AvgIpc) is 2.45. The summed E-state index contributed by atoms with van der Waals surface area (Å²) in [6, 6.07) is 15.3. The van der Waals surface area contributed by atoms with Gasteiger partial charge in [-0.25, -0.2) is 4.79 Å². The van der Waals surface area contributed by atoms with Gasteiger partial charge < -0.3 is 9.84 Å². The molecule has 0 amide bonds. The van der Waals surface area contributed by atoms with Crippen LogP contribution in [0.25, 0.3) is 6.08 Å². The van der Waals surface area contributed by atoms with E-state index in [1.54, 1.807) is 0 Å². The van der Waals surface area contributed by atoms with Gasteiger partial charge in [-0.05, 0) is 29.3 Å². The monoisotopic (exact) mass is 332 g/mol. The molecule has 0 saturated heterocycles. The third kappa shape index (κ3) is 4.24. The minimum atomic E-state index is -0.971. The Bertz CT molecular complexity index is 621. The number of carbonyl (C=O) groups is 1. The number of ether oxygens (including phenoxy) is 1. The van der Waals surface area contributed by atoms with Crippen LogP contribution in [0.15, 0.2) is 59.1 Å². The Labute approximate surface area is 125 Å². The molecule has 0 radical (unpaired) electrons. The summed E-state index contributed by atoms with van der Waals surface area (Å²) in [5.41, 5.74) is 1.89. The Morgan fingerprint density at radius 3 is 2.60 bits per heavy atom. The SMILES string of the molecule is O=C(O)/C=C/c1ccc(OCc2ccccc2)cc1Br. The highest BCUT2D eigenvalue weighted by molar-refractivity contribution is 9.10. The lowest BCUT2D eigenvalue weighted by atomic mass is 10.2. The molecule has 0 saturated carbocycles. The van der Waals surface area contributed by atoms with E-state index in [0.29, 0.717) is 6.61 Å². The van der Waals surface area contributed by atoms with Crippen molar-refractivity contribution >= 4 is 28.0 Å². The largest absolute Gasteiger partial charge is 0.489 e. The minimum Gasteiger partial charge on any atom is -0.489 e. The molecule has 2 rings (SSSR count). The second kappa shape index (κ2) is 6.91. The number of hydrogen-bond acceptors (Lipinski definition) is 2. The summed E-state index contributed by atoms with van der Waals surface area (Å²) in [7, 11) is 0. The summed E-state index contributed by atoms with van der Waals surface area (Å²) in [6.07, 6.45) is 2.64. The first-order chi connectivity index (χ1) is 9.65. The summed E-state index contributed by atoms with van der Waals surface area (Å²) in [6.45, 7) is 0.498. The number of rotatable bonds is 5. The summed E-state index contributed by atoms with van der Waals surface area (Å²) >= 11 is 3.40. The normalized spacial score (nSPS) is 10.7. The van der Waals surface area contributed by atoms with Crippen LogP contribution in [0.3, 0.4) is 0 Å². The number of benzene rings is 2. The van der Waals surface area contributed by atoms with E-state index in [1.165, 1.54) is 6.08 Å². The molecule has 0 unspecified atom stereocenters. The molecule has 2 aromatic carbocycles. The van der Waals surface area contributed by atoms with Crippen LogP contribution in [0.4, 0.5) is 0 Å². The molecular weight excluding hydrogens is 320 g/mol. The third-order valence-corrected chi connectivity index (χ3v) is 3.31. The second-order valence-corrected chi connectivity index (χ2v) is 4.98. The van der Waals surface area contributed by atoms with Crippen LogP contribution in [0.1, 0.15) is 11.1 Å². The molecule has 0 fully saturated rings. The molecular formula is C16H13BrO3. The molecule has 0 aromatic heterocycles. The van der Waals surface area contributed by atoms with E-state index in [-0.39, 0.29) is 0 Å². The molecule has 0 spiro atoms. The zero-order valence-corrected chi connectivity index (χ0v) is 12.2. The van der Waals surface area contributed by atoms with Gasteiger partial charge in [-0.1, -0.05) is 52.3 Å². The zero-order chi connectivity index (χ0) is 14.4. The fraction of sp³-hybridized carbons (Fsp3) is 0.0625. The molecule has 102 valence electrons. The fourth-order valence-corrected chi connectivity index (χ4v) is 2.12. The molecule has 4 heteroatoms. The molecule has 1 N–H and O–H groups in total. The van der Waals surface area contributed by atoms with Crippen LogP contribution < -0.4 is 4.74 Å². The fourth-order valence-electron chi connectivity index (χ4n) is 1.63. The quantitative estimate of drug-likeness (QED) is 0.837. The van der Waals surface area contributed by atoms with Gasteiger partial charge in [0.05, 0.1) is 0 Å². The van der Waals surface area contributed by atoms with E-state index < -0.39 is 5.97 Å². The maximum atomic E-state index is 10.5. The van der Waals surface area contributed by atoms with Crippen molar-refractivity contribution < 1.29 is 14.6 Å². The lowest BCUT2D eigenvalue weighted by Gasteiger charge is -2.08. The summed E-state index contributed by atoms with van der Waals surface area (Å²) < 4.78 is 6.48. The van der Waals surface area contributed by atoms with E-state index in [1.807, 2.05) is 48.5 Å². The predicted octanol–water partition coefficient (Wildman–Crippen LogP) is 4.13. The Morgan fingerprint density at radius 1 is 1.20 bits per heavy atom. The van der Waals surface area contributed by atoms with Gasteiger partial charge in [-0.15, -0.1) is 0 Å². The topological polar surface area (TPSA) is 46.5 Å². The van der Waals surface area contributed by atoms with Gasteiger partial charge in [0, 0.05) is 10.5 Å². The van der Waals surface area contributed by atoms with E-state index >= 15 is 0 Å². The highest BCUT2D eigenvalue weighted by Crippen LogP contribution is 2.24. The number of carboxylic acid groups (broad SMARTS) is 1. The van der Waals surface area contributed by atoms with Gasteiger partial charge in [0.2, 0.25) is 0 Å². The van der Waals surface area contributed by atoms with Gasteiger partial charge in [0.15, 0.2) is 0 Å². The van der Waals surface area contributed by atoms with Crippen molar-refractivity contribution in [3.05, 3.63) is 70.2 Å². The van der Waals surface area contributed by atoms with E-state index in [4.69, 9.17) is 9.84 Å². The lowest BCUT2D eigenvalue weighted by molar-refractivity contribution is -0.131. The van der Waals surface area contributed by atoms with Crippen molar-refractivity contribution in [2.75, 3.05) is 0 Å². The van der Waals surface area contributed by atoms with Gasteiger partial charge in [-0.3, -0.25) is 0 Å². The number of carboxylic acids is 1. The van der Waals surface area contributed by atoms with E-state index in [9.17, 15) is 4.79 Å². The smallest absolute Gasteiger partial charge is 0.328 e. The molecule has 2 aromatic rings. The van der Waals surface area contributed by atoms with Crippen molar-refractivity contribution in [1.82, 2.24) is 0 Å². The molecule has 20 heavy (non-hydrogen) atoms. The average molecular weight is 333 g/mol. The van der Waals surface area contributed by atoms with Crippen molar-refractivity contribution in [2.24, 2.45) is 0 Å². The summed E-state index contributed by atoms with van der Waals surface area (Å²) in [5, 5.41) is 8.60. The van der Waals surface area contributed by atoms with Crippen LogP contribution >= 0.6 is 15.9 Å². The van der Waals surface area contributed by atoms with Crippen LogP contribution in [0.2, 0.25) is 0 Å². The molecule has 0 heterocycles. The van der Waals surface area contributed by atoms with Crippen molar-refractivity contribution in [3.63, 3.8) is 0 Å². The molecule has 3 nitrogen and oxygen atoms in total. The second-order valence-electron chi connectivity index (χ2n) is 4.13. The summed E-state index contributed by atoms with van der Waals surface area (Å²) in [4.78, 5) is 10.5. The lowest BCUT2D eigenvalue weighted by Crippen LogP contribution is -1.95. The molecule has 0 aliphatic rings. The Hall–Kier alpha value is -2.07. The first-order valence-electron chi connectivity index (χ1n) is 6.02. The highest BCUT2D eigenvalue weighted by Gasteiger charge is 2.01. The van der Waals surface area contributed by atoms with Crippen LogP contribution in [-0.4, -0.2) is 11.1 Å². The van der Waals surface area contributed by atoms with E-state index in [2.05, 4.69) is 15.9 Å². The van der Waals surface area contributed by atoms with Gasteiger partial charge >= 0.3 is 5.97 Å². The molecule has 0 bridgehead atoms. The van der Waals surface area contributed by atoms with Gasteiger partial charge in [0.25, 0.3) is 0 Å². The third-order valence-electron chi connectivity index (χ3n) is 2.63. The van der Waals surface area contributed by atoms with Gasteiger partial charge in [0.1, 0.15) is 12.4 Å². The number of aliphatic carboxylic acids is 1. The Kier molecular flexibility index (Phi) is 4.96.